The topological polar surface area (TPSA) is 18.5 Å². The van der Waals surface area contributed by atoms with Crippen molar-refractivity contribution in [2.45, 2.75) is 52.0 Å². The molecule has 118 valence electrons. The molecule has 0 heterocycles. The summed E-state index contributed by atoms with van der Waals surface area (Å²) < 4.78 is 13.9. The van der Waals surface area contributed by atoms with Crippen LogP contribution in [0.25, 0.3) is 10.8 Å². The van der Waals surface area contributed by atoms with Crippen LogP contribution < -0.4 is 0 Å². The van der Waals surface area contributed by atoms with Gasteiger partial charge in [-0.25, -0.2) is 0 Å². The minimum absolute atomic E-state index is 0.108. The molecule has 1 unspecified atom stereocenters. The quantitative estimate of drug-likeness (QED) is 0.634. The minimum Gasteiger partial charge on any atom is -0.390 e. The summed E-state index contributed by atoms with van der Waals surface area (Å²) >= 11 is 3.66. The van der Waals surface area contributed by atoms with Crippen molar-refractivity contribution >= 4 is 35.3 Å². The van der Waals surface area contributed by atoms with E-state index in [9.17, 15) is 0 Å². The van der Waals surface area contributed by atoms with E-state index in [1.165, 1.54) is 21.9 Å². The smallest absolute Gasteiger partial charge is 0.332 e. The summed E-state index contributed by atoms with van der Waals surface area (Å²) in [4.78, 5) is 0. The maximum absolute atomic E-state index is 6.49. The Morgan fingerprint density at radius 3 is 2.55 bits per heavy atom. The molecule has 0 fully saturated rings. The lowest BCUT2D eigenvalue weighted by atomic mass is 10.1. The summed E-state index contributed by atoms with van der Waals surface area (Å²) in [5, 5.41) is 2.62. The van der Waals surface area contributed by atoms with Gasteiger partial charge in [-0.05, 0) is 61.8 Å². The Morgan fingerprint density at radius 2 is 1.86 bits per heavy atom. The van der Waals surface area contributed by atoms with E-state index < -0.39 is 8.56 Å². The van der Waals surface area contributed by atoms with Crippen molar-refractivity contribution in [2.75, 3.05) is 0 Å². The van der Waals surface area contributed by atoms with Crippen LogP contribution in [0.2, 0.25) is 13.1 Å². The zero-order valence-electron chi connectivity index (χ0n) is 13.9. The van der Waals surface area contributed by atoms with E-state index in [1.54, 1.807) is 0 Å². The lowest BCUT2D eigenvalue weighted by Gasteiger charge is -2.34. The van der Waals surface area contributed by atoms with Crippen LogP contribution in [0.4, 0.5) is 0 Å². The van der Waals surface area contributed by atoms with Gasteiger partial charge in [0, 0.05) is 10.9 Å². The second kappa shape index (κ2) is 5.44. The van der Waals surface area contributed by atoms with E-state index >= 15 is 0 Å². The first-order chi connectivity index (χ1) is 10.2. The molecule has 0 N–H and O–H groups in total. The molecule has 2 nitrogen and oxygen atoms in total. The number of hydrogen-bond acceptors (Lipinski definition) is 2. The molecule has 1 atom stereocenters. The van der Waals surface area contributed by atoms with Crippen LogP contribution in [0.3, 0.4) is 0 Å². The normalized spacial score (nSPS) is 18.2. The van der Waals surface area contributed by atoms with Crippen molar-refractivity contribution in [1.82, 2.24) is 0 Å². The molecule has 22 heavy (non-hydrogen) atoms. The second-order valence-corrected chi connectivity index (χ2v) is 11.5. The van der Waals surface area contributed by atoms with Gasteiger partial charge in [-0.1, -0.05) is 40.2 Å². The van der Waals surface area contributed by atoms with Gasteiger partial charge in [-0.15, -0.1) is 0 Å². The summed E-state index contributed by atoms with van der Waals surface area (Å²) in [6, 6.07) is 10.8. The van der Waals surface area contributed by atoms with E-state index in [1.807, 2.05) is 0 Å². The molecule has 3 rings (SSSR count). The first kappa shape index (κ1) is 16.2. The molecular weight excluding hydrogens is 356 g/mol. The highest BCUT2D eigenvalue weighted by Crippen LogP contribution is 2.42. The van der Waals surface area contributed by atoms with Crippen LogP contribution in [0.1, 0.15) is 38.0 Å². The first-order valence-corrected chi connectivity index (χ1v) is 11.4. The highest BCUT2D eigenvalue weighted by molar-refractivity contribution is 9.10. The first-order valence-electron chi connectivity index (χ1n) is 7.74. The van der Waals surface area contributed by atoms with Crippen LogP contribution in [0, 0.1) is 0 Å². The molecule has 0 saturated carbocycles. The van der Waals surface area contributed by atoms with Crippen molar-refractivity contribution in [1.29, 1.82) is 0 Å². The predicted octanol–water partition coefficient (Wildman–Crippen LogP) is 5.73. The molecule has 1 aliphatic carbocycles. The predicted molar refractivity (Wildman–Crippen MR) is 97.5 cm³/mol. The summed E-state index contributed by atoms with van der Waals surface area (Å²) in [5.41, 5.74) is 2.50. The maximum atomic E-state index is 6.49. The number of hydrogen-bond donors (Lipinski definition) is 0. The molecule has 0 aliphatic heterocycles. The summed E-state index contributed by atoms with van der Waals surface area (Å²) in [6.07, 6.45) is 1.05. The maximum Gasteiger partial charge on any atom is 0.332 e. The fourth-order valence-corrected chi connectivity index (χ4v) is 6.31. The van der Waals surface area contributed by atoms with Crippen LogP contribution in [0.15, 0.2) is 34.8 Å². The van der Waals surface area contributed by atoms with Gasteiger partial charge in [-0.2, -0.15) is 0 Å². The number of rotatable bonds is 3. The van der Waals surface area contributed by atoms with Crippen LogP contribution in [0.5, 0.6) is 0 Å². The Labute approximate surface area is 142 Å². The van der Waals surface area contributed by atoms with Gasteiger partial charge < -0.3 is 8.85 Å². The number of benzene rings is 2. The van der Waals surface area contributed by atoms with E-state index in [2.05, 4.69) is 80.1 Å². The molecule has 1 aliphatic rings. The second-order valence-electron chi connectivity index (χ2n) is 7.40. The standard InChI is InChI=1S/C18H23BrO2Si/c1-18(2,3)21-22(4,5)20-16-11-12-9-10-15(19)13-7-6-8-14(16)17(12)13/h6-10,16H,11H2,1-5H3. The molecule has 0 amide bonds. The van der Waals surface area contributed by atoms with E-state index in [0.717, 1.165) is 10.9 Å². The molecule has 2 aromatic rings. The minimum atomic E-state index is -2.18. The molecular formula is C18H23BrO2Si. The Kier molecular flexibility index (Phi) is 4.00. The highest BCUT2D eigenvalue weighted by atomic mass is 79.9. The summed E-state index contributed by atoms with van der Waals surface area (Å²) in [6.45, 7) is 10.5. The lowest BCUT2D eigenvalue weighted by Crippen LogP contribution is -2.43. The third-order valence-electron chi connectivity index (χ3n) is 3.84. The fourth-order valence-electron chi connectivity index (χ4n) is 3.43. The molecule has 0 spiro atoms. The monoisotopic (exact) mass is 378 g/mol. The Morgan fingerprint density at radius 1 is 1.14 bits per heavy atom. The van der Waals surface area contributed by atoms with Crippen LogP contribution in [-0.4, -0.2) is 14.2 Å². The van der Waals surface area contributed by atoms with Crippen LogP contribution in [-0.2, 0) is 15.3 Å². The molecule has 0 aromatic heterocycles. The molecule has 0 saturated heterocycles. The lowest BCUT2D eigenvalue weighted by molar-refractivity contribution is 0.0484. The molecule has 4 heteroatoms. The molecule has 0 radical (unpaired) electrons. The van der Waals surface area contributed by atoms with Crippen molar-refractivity contribution < 1.29 is 8.85 Å². The summed E-state index contributed by atoms with van der Waals surface area (Å²) in [5.74, 6) is 0. The van der Waals surface area contributed by atoms with Gasteiger partial charge in [0.1, 0.15) is 0 Å². The Hall–Kier alpha value is -0.683. The van der Waals surface area contributed by atoms with Gasteiger partial charge in [0.2, 0.25) is 0 Å². The molecule has 2 aromatic carbocycles. The van der Waals surface area contributed by atoms with Crippen LogP contribution >= 0.6 is 15.9 Å². The average Bonchev–Trinajstić information content (AvgIpc) is 2.70. The van der Waals surface area contributed by atoms with Gasteiger partial charge in [0.15, 0.2) is 0 Å². The van der Waals surface area contributed by atoms with E-state index in [0.29, 0.717) is 0 Å². The van der Waals surface area contributed by atoms with Crippen molar-refractivity contribution in [3.63, 3.8) is 0 Å². The third-order valence-corrected chi connectivity index (χ3v) is 6.48. The Bertz CT molecular complexity index is 719. The summed E-state index contributed by atoms with van der Waals surface area (Å²) in [7, 11) is -2.18. The van der Waals surface area contributed by atoms with Gasteiger partial charge >= 0.3 is 8.56 Å². The molecule has 0 bridgehead atoms. The number of halogens is 1. The van der Waals surface area contributed by atoms with Gasteiger partial charge in [0.05, 0.1) is 11.7 Å². The fraction of sp³-hybridized carbons (Fsp3) is 0.444. The zero-order valence-corrected chi connectivity index (χ0v) is 16.5. The average molecular weight is 379 g/mol. The van der Waals surface area contributed by atoms with Gasteiger partial charge in [0.25, 0.3) is 0 Å². The Balaban J connectivity index is 1.93. The SMILES string of the molecule is CC(C)(C)O[Si](C)(C)OC1Cc2ccc(Br)c3cccc1c23. The van der Waals surface area contributed by atoms with Crippen molar-refractivity contribution in [3.05, 3.63) is 45.9 Å². The van der Waals surface area contributed by atoms with Gasteiger partial charge in [-0.3, -0.25) is 0 Å². The zero-order chi connectivity index (χ0) is 16.1. The van der Waals surface area contributed by atoms with Crippen molar-refractivity contribution in [3.8, 4) is 0 Å². The third kappa shape index (κ3) is 3.16. The van der Waals surface area contributed by atoms with Crippen molar-refractivity contribution in [2.24, 2.45) is 0 Å². The highest BCUT2D eigenvalue weighted by Gasteiger charge is 2.36. The van der Waals surface area contributed by atoms with E-state index in [-0.39, 0.29) is 11.7 Å². The van der Waals surface area contributed by atoms with E-state index in [4.69, 9.17) is 8.85 Å². The largest absolute Gasteiger partial charge is 0.390 e.